The van der Waals surface area contributed by atoms with Gasteiger partial charge < -0.3 is 14.8 Å². The van der Waals surface area contributed by atoms with Crippen LogP contribution in [0.3, 0.4) is 0 Å². The maximum Gasteiger partial charge on any atom is 0.120 e. The van der Waals surface area contributed by atoms with Crippen LogP contribution in [-0.2, 0) is 0 Å². The minimum atomic E-state index is -0.666. The zero-order valence-electron chi connectivity index (χ0n) is 12.2. The summed E-state index contributed by atoms with van der Waals surface area (Å²) in [6.07, 6.45) is 1.34. The number of H-pyrrole nitrogens is 1. The van der Waals surface area contributed by atoms with E-state index < -0.39 is 6.10 Å². The van der Waals surface area contributed by atoms with Crippen LogP contribution in [0.4, 0.5) is 0 Å². The fraction of sp³-hybridized carbons (Fsp3) is 0.222. The lowest BCUT2D eigenvalue weighted by Crippen LogP contribution is -2.06. The number of nitrogens with one attached hydrogen (secondary N) is 1. The fourth-order valence-electron chi connectivity index (χ4n) is 2.56. The third-order valence-electron chi connectivity index (χ3n) is 3.47. The van der Waals surface area contributed by atoms with E-state index >= 15 is 0 Å². The Morgan fingerprint density at radius 1 is 1.05 bits per heavy atom. The highest BCUT2D eigenvalue weighted by molar-refractivity contribution is 5.83. The molecule has 3 heteroatoms. The molecule has 3 rings (SSSR count). The second kappa shape index (κ2) is 5.62. The summed E-state index contributed by atoms with van der Waals surface area (Å²) < 4.78 is 5.70. The number of rotatable bonds is 4. The van der Waals surface area contributed by atoms with Crippen LogP contribution >= 0.6 is 0 Å². The molecular formula is C18H19NO2. The Bertz CT molecular complexity index is 746. The van der Waals surface area contributed by atoms with Gasteiger partial charge in [0.15, 0.2) is 0 Å². The van der Waals surface area contributed by atoms with E-state index in [-0.39, 0.29) is 6.10 Å². The maximum absolute atomic E-state index is 10.7. The van der Waals surface area contributed by atoms with Crippen molar-refractivity contribution in [1.29, 1.82) is 0 Å². The second-order valence-electron chi connectivity index (χ2n) is 5.43. The predicted molar refractivity (Wildman–Crippen MR) is 84.6 cm³/mol. The van der Waals surface area contributed by atoms with Gasteiger partial charge >= 0.3 is 0 Å². The summed E-state index contributed by atoms with van der Waals surface area (Å²) in [6, 6.07) is 15.5. The van der Waals surface area contributed by atoms with Crippen molar-refractivity contribution in [3.8, 4) is 5.75 Å². The lowest BCUT2D eigenvalue weighted by molar-refractivity contribution is 0.218. The topological polar surface area (TPSA) is 45.2 Å². The molecule has 3 aromatic rings. The summed E-state index contributed by atoms with van der Waals surface area (Å²) >= 11 is 0. The molecule has 2 aromatic carbocycles. The maximum atomic E-state index is 10.7. The largest absolute Gasteiger partial charge is 0.491 e. The average molecular weight is 281 g/mol. The summed E-state index contributed by atoms with van der Waals surface area (Å²) in [5.74, 6) is 0.780. The van der Waals surface area contributed by atoms with Crippen molar-refractivity contribution in [1.82, 2.24) is 4.98 Å². The summed E-state index contributed by atoms with van der Waals surface area (Å²) in [7, 11) is 0. The molecule has 2 N–H and O–H groups in total. The highest BCUT2D eigenvalue weighted by Gasteiger charge is 2.14. The molecule has 0 amide bonds. The smallest absolute Gasteiger partial charge is 0.120 e. The molecule has 0 saturated heterocycles. The quantitative estimate of drug-likeness (QED) is 0.758. The van der Waals surface area contributed by atoms with Gasteiger partial charge in [0.05, 0.1) is 6.10 Å². The van der Waals surface area contributed by atoms with Crippen molar-refractivity contribution in [3.63, 3.8) is 0 Å². The summed E-state index contributed by atoms with van der Waals surface area (Å²) in [6.45, 7) is 3.98. The van der Waals surface area contributed by atoms with Crippen LogP contribution in [0.2, 0.25) is 0 Å². The normalized spacial score (nSPS) is 12.8. The third-order valence-corrected chi connectivity index (χ3v) is 3.47. The van der Waals surface area contributed by atoms with Gasteiger partial charge in [-0.3, -0.25) is 0 Å². The molecular weight excluding hydrogens is 262 g/mol. The number of hydrogen-bond donors (Lipinski definition) is 2. The lowest BCUT2D eigenvalue weighted by Gasteiger charge is -2.15. The molecule has 0 spiro atoms. The van der Waals surface area contributed by atoms with E-state index in [0.29, 0.717) is 0 Å². The highest BCUT2D eigenvalue weighted by atomic mass is 16.5. The Morgan fingerprint density at radius 3 is 2.67 bits per heavy atom. The molecule has 0 aliphatic carbocycles. The van der Waals surface area contributed by atoms with Gasteiger partial charge in [-0.1, -0.05) is 24.3 Å². The van der Waals surface area contributed by atoms with Crippen LogP contribution in [0.25, 0.3) is 10.9 Å². The molecule has 1 heterocycles. The lowest BCUT2D eigenvalue weighted by atomic mass is 9.98. The van der Waals surface area contributed by atoms with Crippen LogP contribution < -0.4 is 4.74 Å². The van der Waals surface area contributed by atoms with Crippen molar-refractivity contribution >= 4 is 10.9 Å². The van der Waals surface area contributed by atoms with E-state index in [1.807, 2.05) is 68.6 Å². The van der Waals surface area contributed by atoms with Gasteiger partial charge in [-0.2, -0.15) is 0 Å². The van der Waals surface area contributed by atoms with E-state index in [1.54, 1.807) is 0 Å². The number of benzene rings is 2. The minimum Gasteiger partial charge on any atom is -0.491 e. The monoisotopic (exact) mass is 281 g/mol. The van der Waals surface area contributed by atoms with Gasteiger partial charge in [-0.25, -0.2) is 0 Å². The number of aromatic nitrogens is 1. The van der Waals surface area contributed by atoms with Gasteiger partial charge in [-0.15, -0.1) is 0 Å². The van der Waals surface area contributed by atoms with Crippen LogP contribution in [-0.4, -0.2) is 16.2 Å². The number of ether oxygens (including phenoxy) is 1. The zero-order valence-corrected chi connectivity index (χ0v) is 12.2. The van der Waals surface area contributed by atoms with Gasteiger partial charge in [0.1, 0.15) is 11.9 Å². The van der Waals surface area contributed by atoms with Gasteiger partial charge in [0.2, 0.25) is 0 Å². The Hall–Kier alpha value is -2.26. The first-order chi connectivity index (χ1) is 10.1. The SMILES string of the molecule is CC(C)Oc1cccc(C(O)c2cccc3[nH]ccc23)c1. The standard InChI is InChI=1S/C18H19NO2/c1-12(2)21-14-6-3-5-13(11-14)18(20)16-7-4-8-17-15(16)9-10-19-17/h3-12,18-20H,1-2H3. The van der Waals surface area contributed by atoms with Crippen molar-refractivity contribution in [3.05, 3.63) is 65.9 Å². The highest BCUT2D eigenvalue weighted by Crippen LogP contribution is 2.30. The van der Waals surface area contributed by atoms with Gasteiger partial charge in [0, 0.05) is 17.1 Å². The van der Waals surface area contributed by atoms with Crippen molar-refractivity contribution < 1.29 is 9.84 Å². The van der Waals surface area contributed by atoms with E-state index in [0.717, 1.165) is 27.8 Å². The van der Waals surface area contributed by atoms with Crippen molar-refractivity contribution in [2.24, 2.45) is 0 Å². The summed E-state index contributed by atoms with van der Waals surface area (Å²) in [4.78, 5) is 3.17. The first-order valence-corrected chi connectivity index (χ1v) is 7.16. The van der Waals surface area contributed by atoms with Crippen molar-refractivity contribution in [2.45, 2.75) is 26.1 Å². The molecule has 1 aromatic heterocycles. The zero-order chi connectivity index (χ0) is 14.8. The minimum absolute atomic E-state index is 0.116. The van der Waals surface area contributed by atoms with E-state index in [9.17, 15) is 5.11 Å². The summed E-state index contributed by atoms with van der Waals surface area (Å²) in [5, 5.41) is 11.7. The number of fused-ring (bicyclic) bond motifs is 1. The number of aliphatic hydroxyl groups is 1. The van der Waals surface area contributed by atoms with Crippen LogP contribution in [0.15, 0.2) is 54.7 Å². The van der Waals surface area contributed by atoms with Gasteiger partial charge in [-0.05, 0) is 49.2 Å². The number of aliphatic hydroxyl groups excluding tert-OH is 1. The Morgan fingerprint density at radius 2 is 1.86 bits per heavy atom. The number of hydrogen-bond acceptors (Lipinski definition) is 2. The van der Waals surface area contributed by atoms with Gasteiger partial charge in [0.25, 0.3) is 0 Å². The molecule has 1 unspecified atom stereocenters. The first kappa shape index (κ1) is 13.7. The molecule has 0 saturated carbocycles. The predicted octanol–water partition coefficient (Wildman–Crippen LogP) is 4.04. The first-order valence-electron chi connectivity index (χ1n) is 7.16. The van der Waals surface area contributed by atoms with E-state index in [4.69, 9.17) is 4.74 Å². The van der Waals surface area contributed by atoms with E-state index in [1.165, 1.54) is 0 Å². The third kappa shape index (κ3) is 2.78. The Labute approximate surface area is 124 Å². The molecule has 3 nitrogen and oxygen atoms in total. The van der Waals surface area contributed by atoms with Crippen molar-refractivity contribution in [2.75, 3.05) is 0 Å². The summed E-state index contributed by atoms with van der Waals surface area (Å²) in [5.41, 5.74) is 2.76. The molecule has 108 valence electrons. The molecule has 0 aliphatic rings. The molecule has 0 fully saturated rings. The number of aromatic amines is 1. The molecule has 0 aliphatic heterocycles. The second-order valence-corrected chi connectivity index (χ2v) is 5.43. The average Bonchev–Trinajstić information content (AvgIpc) is 2.94. The molecule has 21 heavy (non-hydrogen) atoms. The Balaban J connectivity index is 1.98. The molecule has 0 bridgehead atoms. The fourth-order valence-corrected chi connectivity index (χ4v) is 2.56. The molecule has 0 radical (unpaired) electrons. The van der Waals surface area contributed by atoms with Crippen LogP contribution in [0.5, 0.6) is 5.75 Å². The van der Waals surface area contributed by atoms with Crippen LogP contribution in [0, 0.1) is 0 Å². The van der Waals surface area contributed by atoms with Crippen LogP contribution in [0.1, 0.15) is 31.1 Å². The Kier molecular flexibility index (Phi) is 3.67. The molecule has 1 atom stereocenters. The van der Waals surface area contributed by atoms with E-state index in [2.05, 4.69) is 4.98 Å².